The summed E-state index contributed by atoms with van der Waals surface area (Å²) >= 11 is 6.06. The van der Waals surface area contributed by atoms with Crippen LogP contribution in [-0.2, 0) is 4.79 Å². The molecule has 3 N–H and O–H groups in total. The average Bonchev–Trinajstić information content (AvgIpc) is 2.64. The van der Waals surface area contributed by atoms with E-state index in [-0.39, 0.29) is 12.5 Å². The molecule has 0 spiro atoms. The van der Waals surface area contributed by atoms with Gasteiger partial charge in [-0.05, 0) is 42.8 Å². The molecule has 0 saturated carbocycles. The predicted molar refractivity (Wildman–Crippen MR) is 101 cm³/mol. The van der Waals surface area contributed by atoms with E-state index in [4.69, 9.17) is 16.7 Å². The second-order valence-electron chi connectivity index (χ2n) is 5.51. The summed E-state index contributed by atoms with van der Waals surface area (Å²) in [6.45, 7) is 1.62. The standard InChI is InChI=1S/C18H16ClN5O2/c1-11-8-12(5-6-13(11)19)22-16-9-15(14-4-2-3-7-20-14)23-18(24-16)21-10-17(25)26/h2-9H,10H2,1H3,(H,25,26)(H2,21,22,23,24). The van der Waals surface area contributed by atoms with E-state index in [1.165, 1.54) is 0 Å². The lowest BCUT2D eigenvalue weighted by atomic mass is 10.2. The molecule has 0 aliphatic heterocycles. The summed E-state index contributed by atoms with van der Waals surface area (Å²) in [5, 5.41) is 15.4. The number of halogens is 1. The summed E-state index contributed by atoms with van der Waals surface area (Å²) in [6.07, 6.45) is 1.66. The van der Waals surface area contributed by atoms with E-state index in [1.807, 2.05) is 37.3 Å². The van der Waals surface area contributed by atoms with Crippen molar-refractivity contribution in [2.24, 2.45) is 0 Å². The highest BCUT2D eigenvalue weighted by Gasteiger charge is 2.09. The molecule has 0 fully saturated rings. The fourth-order valence-electron chi connectivity index (χ4n) is 2.26. The Morgan fingerprint density at radius 1 is 1.15 bits per heavy atom. The molecule has 0 unspecified atom stereocenters. The Bertz CT molecular complexity index is 934. The third-order valence-corrected chi connectivity index (χ3v) is 3.91. The maximum absolute atomic E-state index is 10.8. The van der Waals surface area contributed by atoms with Gasteiger partial charge in [-0.25, -0.2) is 4.98 Å². The van der Waals surface area contributed by atoms with Gasteiger partial charge in [0.1, 0.15) is 12.4 Å². The van der Waals surface area contributed by atoms with Crippen molar-refractivity contribution < 1.29 is 9.90 Å². The van der Waals surface area contributed by atoms with Crippen LogP contribution in [0.3, 0.4) is 0 Å². The third kappa shape index (κ3) is 4.46. The van der Waals surface area contributed by atoms with Crippen molar-refractivity contribution in [2.45, 2.75) is 6.92 Å². The first kappa shape index (κ1) is 17.6. The zero-order valence-electron chi connectivity index (χ0n) is 13.9. The molecular formula is C18H16ClN5O2. The summed E-state index contributed by atoms with van der Waals surface area (Å²) in [4.78, 5) is 23.8. The van der Waals surface area contributed by atoms with Gasteiger partial charge in [0.05, 0.1) is 11.4 Å². The smallest absolute Gasteiger partial charge is 0.322 e. The van der Waals surface area contributed by atoms with Crippen molar-refractivity contribution >= 4 is 35.0 Å². The Morgan fingerprint density at radius 3 is 2.69 bits per heavy atom. The molecule has 3 aromatic rings. The van der Waals surface area contributed by atoms with Crippen LogP contribution in [0.5, 0.6) is 0 Å². The number of hydrogen-bond acceptors (Lipinski definition) is 6. The van der Waals surface area contributed by atoms with Gasteiger partial charge in [0, 0.05) is 23.0 Å². The van der Waals surface area contributed by atoms with Crippen molar-refractivity contribution in [2.75, 3.05) is 17.2 Å². The van der Waals surface area contributed by atoms with Gasteiger partial charge in [0.25, 0.3) is 0 Å². The van der Waals surface area contributed by atoms with E-state index >= 15 is 0 Å². The number of aliphatic carboxylic acids is 1. The van der Waals surface area contributed by atoms with Crippen LogP contribution in [0.2, 0.25) is 5.02 Å². The number of rotatable bonds is 6. The van der Waals surface area contributed by atoms with Crippen molar-refractivity contribution in [3.05, 3.63) is 59.2 Å². The fourth-order valence-corrected chi connectivity index (χ4v) is 2.38. The first-order valence-corrected chi connectivity index (χ1v) is 8.18. The van der Waals surface area contributed by atoms with Crippen LogP contribution in [0.1, 0.15) is 5.56 Å². The normalized spacial score (nSPS) is 10.4. The minimum Gasteiger partial charge on any atom is -0.480 e. The van der Waals surface area contributed by atoms with E-state index in [2.05, 4.69) is 25.6 Å². The zero-order chi connectivity index (χ0) is 18.5. The van der Waals surface area contributed by atoms with E-state index < -0.39 is 5.97 Å². The van der Waals surface area contributed by atoms with Gasteiger partial charge in [-0.15, -0.1) is 0 Å². The maximum atomic E-state index is 10.8. The number of carbonyl (C=O) groups is 1. The third-order valence-electron chi connectivity index (χ3n) is 3.48. The number of carboxylic acid groups (broad SMARTS) is 1. The molecule has 7 nitrogen and oxygen atoms in total. The lowest BCUT2D eigenvalue weighted by molar-refractivity contribution is -0.134. The topological polar surface area (TPSA) is 100 Å². The first-order valence-electron chi connectivity index (χ1n) is 7.80. The number of aromatic nitrogens is 3. The molecule has 1 aromatic carbocycles. The van der Waals surface area contributed by atoms with Gasteiger partial charge in [-0.3, -0.25) is 9.78 Å². The number of aryl methyl sites for hydroxylation is 1. The van der Waals surface area contributed by atoms with Crippen LogP contribution >= 0.6 is 11.6 Å². The fraction of sp³-hybridized carbons (Fsp3) is 0.111. The zero-order valence-corrected chi connectivity index (χ0v) is 14.7. The Hall–Kier alpha value is -3.19. The van der Waals surface area contributed by atoms with Crippen molar-refractivity contribution in [3.8, 4) is 11.4 Å². The van der Waals surface area contributed by atoms with Gasteiger partial charge in [-0.1, -0.05) is 17.7 Å². The number of anilines is 3. The molecule has 0 saturated heterocycles. The molecule has 8 heteroatoms. The number of hydrogen-bond donors (Lipinski definition) is 3. The minimum absolute atomic E-state index is 0.198. The molecule has 0 amide bonds. The van der Waals surface area contributed by atoms with Crippen molar-refractivity contribution in [3.63, 3.8) is 0 Å². The van der Waals surface area contributed by atoms with E-state index in [1.54, 1.807) is 18.3 Å². The largest absolute Gasteiger partial charge is 0.480 e. The monoisotopic (exact) mass is 369 g/mol. The quantitative estimate of drug-likeness (QED) is 0.608. The first-order chi connectivity index (χ1) is 12.5. The summed E-state index contributed by atoms with van der Waals surface area (Å²) in [5.41, 5.74) is 2.96. The average molecular weight is 370 g/mol. The SMILES string of the molecule is Cc1cc(Nc2cc(-c3ccccn3)nc(NCC(=O)O)n2)ccc1Cl. The minimum atomic E-state index is -1.00. The van der Waals surface area contributed by atoms with Crippen LogP contribution in [0, 0.1) is 6.92 Å². The van der Waals surface area contributed by atoms with Crippen LogP contribution in [0.15, 0.2) is 48.7 Å². The molecule has 132 valence electrons. The Balaban J connectivity index is 1.95. The molecule has 26 heavy (non-hydrogen) atoms. The van der Waals surface area contributed by atoms with E-state index in [9.17, 15) is 4.79 Å². The molecule has 0 atom stereocenters. The summed E-state index contributed by atoms with van der Waals surface area (Å²) < 4.78 is 0. The highest BCUT2D eigenvalue weighted by Crippen LogP contribution is 2.25. The van der Waals surface area contributed by atoms with Gasteiger partial charge < -0.3 is 15.7 Å². The number of nitrogens with one attached hydrogen (secondary N) is 2. The Labute approximate surface area is 155 Å². The Morgan fingerprint density at radius 2 is 2.00 bits per heavy atom. The molecule has 0 aliphatic carbocycles. The molecule has 0 bridgehead atoms. The second-order valence-corrected chi connectivity index (χ2v) is 5.92. The molecular weight excluding hydrogens is 354 g/mol. The maximum Gasteiger partial charge on any atom is 0.322 e. The molecule has 0 aliphatic rings. The predicted octanol–water partition coefficient (Wildman–Crippen LogP) is 3.74. The van der Waals surface area contributed by atoms with Crippen LogP contribution in [0.25, 0.3) is 11.4 Å². The Kier molecular flexibility index (Phi) is 5.28. The second kappa shape index (κ2) is 7.79. The molecule has 3 rings (SSSR count). The van der Waals surface area contributed by atoms with E-state index in [0.29, 0.717) is 22.2 Å². The number of carboxylic acids is 1. The highest BCUT2D eigenvalue weighted by molar-refractivity contribution is 6.31. The molecule has 2 heterocycles. The summed E-state index contributed by atoms with van der Waals surface area (Å²) in [6, 6.07) is 12.8. The number of pyridine rings is 1. The van der Waals surface area contributed by atoms with Crippen LogP contribution in [-0.4, -0.2) is 32.6 Å². The van der Waals surface area contributed by atoms with E-state index in [0.717, 1.165) is 11.3 Å². The lowest BCUT2D eigenvalue weighted by Gasteiger charge is -2.11. The number of nitrogens with zero attached hydrogens (tertiary/aromatic N) is 3. The van der Waals surface area contributed by atoms with Crippen molar-refractivity contribution in [1.82, 2.24) is 15.0 Å². The lowest BCUT2D eigenvalue weighted by Crippen LogP contribution is -2.15. The van der Waals surface area contributed by atoms with Gasteiger partial charge >= 0.3 is 5.97 Å². The summed E-state index contributed by atoms with van der Waals surface area (Å²) in [7, 11) is 0. The number of benzene rings is 1. The molecule has 0 radical (unpaired) electrons. The molecule has 2 aromatic heterocycles. The van der Waals surface area contributed by atoms with Crippen molar-refractivity contribution in [1.29, 1.82) is 0 Å². The van der Waals surface area contributed by atoms with Gasteiger partial charge in [0.2, 0.25) is 5.95 Å². The highest BCUT2D eigenvalue weighted by atomic mass is 35.5. The van der Waals surface area contributed by atoms with Gasteiger partial charge in [0.15, 0.2) is 0 Å². The summed E-state index contributed by atoms with van der Waals surface area (Å²) in [5.74, 6) is -0.293. The van der Waals surface area contributed by atoms with Crippen LogP contribution < -0.4 is 10.6 Å². The van der Waals surface area contributed by atoms with Gasteiger partial charge in [-0.2, -0.15) is 4.98 Å². The van der Waals surface area contributed by atoms with Crippen LogP contribution in [0.4, 0.5) is 17.5 Å².